The highest BCUT2D eigenvalue weighted by Crippen LogP contribution is 2.44. The van der Waals surface area contributed by atoms with Crippen molar-refractivity contribution in [3.8, 4) is 11.5 Å². The van der Waals surface area contributed by atoms with Crippen molar-refractivity contribution in [3.63, 3.8) is 0 Å². The van der Waals surface area contributed by atoms with Crippen LogP contribution >= 0.6 is 0 Å². The van der Waals surface area contributed by atoms with Crippen LogP contribution in [-0.2, 0) is 20.3 Å². The molecule has 0 saturated heterocycles. The number of nitrogens with one attached hydrogen (secondary N) is 3. The number of carbonyl (C=O) groups excluding carboxylic acids is 2. The summed E-state index contributed by atoms with van der Waals surface area (Å²) in [5.41, 5.74) is 2.15. The van der Waals surface area contributed by atoms with Gasteiger partial charge >= 0.3 is 12.2 Å². The number of hydrogen-bond donors (Lipinski definition) is 3. The van der Waals surface area contributed by atoms with Crippen molar-refractivity contribution in [2.45, 2.75) is 105 Å². The molecule has 0 atom stereocenters. The van der Waals surface area contributed by atoms with Crippen molar-refractivity contribution < 1.29 is 28.5 Å². The maximum Gasteiger partial charge on any atom is 0.412 e. The van der Waals surface area contributed by atoms with Crippen LogP contribution in [-0.4, -0.2) is 37.6 Å². The molecule has 2 amide bonds. The van der Waals surface area contributed by atoms with E-state index in [0.717, 1.165) is 11.1 Å². The molecular weight excluding hydrogens is 522 g/mol. The zero-order chi connectivity index (χ0) is 31.6. The van der Waals surface area contributed by atoms with Gasteiger partial charge in [-0.25, -0.2) is 9.59 Å². The summed E-state index contributed by atoms with van der Waals surface area (Å²) in [6.45, 7) is 23.3. The third-order valence-electron chi connectivity index (χ3n) is 5.86. The quantitative estimate of drug-likeness (QED) is 0.318. The molecule has 41 heavy (non-hydrogen) atoms. The lowest BCUT2D eigenvalue weighted by atomic mass is 9.85. The van der Waals surface area contributed by atoms with Gasteiger partial charge in [-0.15, -0.1) is 0 Å². The van der Waals surface area contributed by atoms with Crippen LogP contribution in [0, 0.1) is 0 Å². The Labute approximate surface area is 245 Å². The average molecular weight is 572 g/mol. The second-order valence-corrected chi connectivity index (χ2v) is 14.1. The fourth-order valence-electron chi connectivity index (χ4n) is 3.91. The first kappa shape index (κ1) is 33.6. The highest BCUT2D eigenvalue weighted by atomic mass is 16.6. The molecule has 2 aromatic rings. The van der Waals surface area contributed by atoms with E-state index in [2.05, 4.69) is 57.5 Å². The lowest BCUT2D eigenvalue weighted by molar-refractivity contribution is 0.0624. The summed E-state index contributed by atoms with van der Waals surface area (Å²) >= 11 is 0. The molecule has 0 spiro atoms. The van der Waals surface area contributed by atoms with Gasteiger partial charge in [-0.2, -0.15) is 0 Å². The van der Waals surface area contributed by atoms with E-state index in [1.807, 2.05) is 24.3 Å². The number of methoxy groups -OCH3 is 2. The number of anilines is 4. The van der Waals surface area contributed by atoms with Crippen molar-refractivity contribution >= 4 is 34.9 Å². The molecule has 3 N–H and O–H groups in total. The summed E-state index contributed by atoms with van der Waals surface area (Å²) in [5, 5.41) is 9.16. The summed E-state index contributed by atoms with van der Waals surface area (Å²) in [6, 6.07) is 7.71. The van der Waals surface area contributed by atoms with E-state index in [9.17, 15) is 9.59 Å². The van der Waals surface area contributed by atoms with Gasteiger partial charge in [0.1, 0.15) is 11.2 Å². The third-order valence-corrected chi connectivity index (χ3v) is 5.86. The molecule has 2 rings (SSSR count). The Balaban J connectivity index is 2.74. The lowest BCUT2D eigenvalue weighted by Gasteiger charge is -2.27. The number of hydrogen-bond acceptors (Lipinski definition) is 7. The first-order valence-corrected chi connectivity index (χ1v) is 13.8. The maximum absolute atomic E-state index is 12.7. The Bertz CT molecular complexity index is 1160. The van der Waals surface area contributed by atoms with Gasteiger partial charge in [0.15, 0.2) is 11.5 Å². The Kier molecular flexibility index (Phi) is 9.90. The van der Waals surface area contributed by atoms with Crippen molar-refractivity contribution in [2.75, 3.05) is 30.2 Å². The topological polar surface area (TPSA) is 107 Å². The predicted molar refractivity (Wildman–Crippen MR) is 166 cm³/mol. The fourth-order valence-corrected chi connectivity index (χ4v) is 3.91. The highest BCUT2D eigenvalue weighted by Gasteiger charge is 2.26. The van der Waals surface area contributed by atoms with Crippen molar-refractivity contribution in [1.82, 2.24) is 0 Å². The summed E-state index contributed by atoms with van der Waals surface area (Å²) < 4.78 is 22.6. The monoisotopic (exact) mass is 571 g/mol. The van der Waals surface area contributed by atoms with E-state index in [1.165, 1.54) is 14.2 Å². The number of carbonyl (C=O) groups is 2. The van der Waals surface area contributed by atoms with E-state index >= 15 is 0 Å². The first-order chi connectivity index (χ1) is 18.5. The van der Waals surface area contributed by atoms with Crippen LogP contribution in [0.25, 0.3) is 0 Å². The molecule has 0 aliphatic heterocycles. The van der Waals surface area contributed by atoms with E-state index in [0.29, 0.717) is 34.2 Å². The minimum absolute atomic E-state index is 0.256. The summed E-state index contributed by atoms with van der Waals surface area (Å²) in [7, 11) is 3.08. The average Bonchev–Trinajstić information content (AvgIpc) is 2.74. The van der Waals surface area contributed by atoms with Crippen LogP contribution in [0.5, 0.6) is 11.5 Å². The van der Waals surface area contributed by atoms with Gasteiger partial charge in [-0.05, 0) is 87.8 Å². The second-order valence-electron chi connectivity index (χ2n) is 14.1. The second kappa shape index (κ2) is 12.1. The number of benzene rings is 2. The Morgan fingerprint density at radius 1 is 0.537 bits per heavy atom. The van der Waals surface area contributed by atoms with Crippen LogP contribution in [0.1, 0.15) is 94.2 Å². The predicted octanol–water partition coefficient (Wildman–Crippen LogP) is 8.74. The van der Waals surface area contributed by atoms with Gasteiger partial charge in [0.05, 0.1) is 37.0 Å². The van der Waals surface area contributed by atoms with Crippen LogP contribution in [0.4, 0.5) is 32.3 Å². The summed E-state index contributed by atoms with van der Waals surface area (Å²) in [5.74, 6) is 0.822. The molecular formula is C32H49N3O6. The molecule has 228 valence electrons. The Hall–Kier alpha value is -3.62. The van der Waals surface area contributed by atoms with Gasteiger partial charge in [0.2, 0.25) is 0 Å². The van der Waals surface area contributed by atoms with Gasteiger partial charge in [-0.1, -0.05) is 41.5 Å². The van der Waals surface area contributed by atoms with Crippen LogP contribution in [0.15, 0.2) is 24.3 Å². The molecule has 0 heterocycles. The number of amides is 2. The molecule has 0 aliphatic rings. The van der Waals surface area contributed by atoms with Gasteiger partial charge in [-0.3, -0.25) is 10.6 Å². The van der Waals surface area contributed by atoms with Crippen LogP contribution in [0.2, 0.25) is 0 Å². The fraction of sp³-hybridized carbons (Fsp3) is 0.562. The standard InChI is InChI=1S/C32H49N3O6/c1-29(2,3)19-15-21(25(38-13)23(17-19)34-27(36)40-31(7,8)9)33-22-16-20(30(4,5)6)18-24(26(22)39-14)35-28(37)41-32(10,11)12/h15-18,33H,1-14H3,(H,34,36)(H,35,37). The highest BCUT2D eigenvalue weighted by molar-refractivity contribution is 5.93. The Morgan fingerprint density at radius 3 is 1.07 bits per heavy atom. The van der Waals surface area contributed by atoms with E-state index in [1.54, 1.807) is 41.5 Å². The third kappa shape index (κ3) is 9.76. The minimum Gasteiger partial charge on any atom is -0.492 e. The zero-order valence-electron chi connectivity index (χ0n) is 27.3. The molecule has 0 fully saturated rings. The van der Waals surface area contributed by atoms with E-state index in [-0.39, 0.29) is 10.8 Å². The maximum atomic E-state index is 12.7. The number of rotatable bonds is 6. The van der Waals surface area contributed by atoms with Crippen molar-refractivity contribution in [1.29, 1.82) is 0 Å². The molecule has 0 aliphatic carbocycles. The van der Waals surface area contributed by atoms with Gasteiger partial charge in [0, 0.05) is 0 Å². The molecule has 0 bridgehead atoms. The molecule has 9 heteroatoms. The van der Waals surface area contributed by atoms with Crippen molar-refractivity contribution in [2.24, 2.45) is 0 Å². The summed E-state index contributed by atoms with van der Waals surface area (Å²) in [6.07, 6.45) is -1.19. The normalized spacial score (nSPS) is 12.3. The molecule has 2 aromatic carbocycles. The van der Waals surface area contributed by atoms with Crippen LogP contribution in [0.3, 0.4) is 0 Å². The van der Waals surface area contributed by atoms with Crippen molar-refractivity contribution in [3.05, 3.63) is 35.4 Å². The Morgan fingerprint density at radius 2 is 0.829 bits per heavy atom. The lowest BCUT2D eigenvalue weighted by Crippen LogP contribution is -2.27. The smallest absolute Gasteiger partial charge is 0.412 e. The molecule has 0 aromatic heterocycles. The largest absolute Gasteiger partial charge is 0.492 e. The molecule has 0 radical (unpaired) electrons. The first-order valence-electron chi connectivity index (χ1n) is 13.8. The zero-order valence-corrected chi connectivity index (χ0v) is 27.3. The summed E-state index contributed by atoms with van der Waals surface area (Å²) in [4.78, 5) is 25.5. The van der Waals surface area contributed by atoms with E-state index < -0.39 is 23.4 Å². The molecule has 9 nitrogen and oxygen atoms in total. The van der Waals surface area contributed by atoms with E-state index in [4.69, 9.17) is 18.9 Å². The van der Waals surface area contributed by atoms with Gasteiger partial charge < -0.3 is 24.3 Å². The SMILES string of the molecule is COc1c(NC(=O)OC(C)(C)C)cc(C(C)(C)C)cc1Nc1cc(C(C)(C)C)cc(NC(=O)OC(C)(C)C)c1OC. The molecule has 0 unspecified atom stereocenters. The van der Waals surface area contributed by atoms with Crippen LogP contribution < -0.4 is 25.4 Å². The minimum atomic E-state index is -0.668. The number of ether oxygens (including phenoxy) is 4. The molecule has 0 saturated carbocycles. The van der Waals surface area contributed by atoms with Gasteiger partial charge in [0.25, 0.3) is 0 Å².